The van der Waals surface area contributed by atoms with E-state index >= 15 is 0 Å². The standard InChI is InChI=1S/C14H32N2/c1-13(2)10-12(15(5,6)7)11-14(3,4)16(13,8)9/h12H,10-11H2,1-9H3/q+2. The second-order valence-corrected chi connectivity index (χ2v) is 8.26. The Kier molecular flexibility index (Phi) is 3.02. The monoisotopic (exact) mass is 228 g/mol. The third-order valence-electron chi connectivity index (χ3n) is 5.59. The molecule has 1 aliphatic rings. The molecule has 0 aromatic heterocycles. The van der Waals surface area contributed by atoms with E-state index in [-0.39, 0.29) is 0 Å². The Labute approximate surface area is 102 Å². The van der Waals surface area contributed by atoms with Gasteiger partial charge in [0.25, 0.3) is 0 Å². The summed E-state index contributed by atoms with van der Waals surface area (Å²) < 4.78 is 2.21. The molecule has 0 aromatic carbocycles. The van der Waals surface area contributed by atoms with Crippen LogP contribution in [0.4, 0.5) is 0 Å². The van der Waals surface area contributed by atoms with Gasteiger partial charge >= 0.3 is 0 Å². The summed E-state index contributed by atoms with van der Waals surface area (Å²) in [6, 6.07) is 0.774. The van der Waals surface area contributed by atoms with Crippen molar-refractivity contribution in [1.82, 2.24) is 0 Å². The molecular formula is C14H32N2+2. The van der Waals surface area contributed by atoms with Crippen LogP contribution in [0.3, 0.4) is 0 Å². The highest BCUT2D eigenvalue weighted by Gasteiger charge is 2.56. The Bertz CT molecular complexity index is 249. The summed E-state index contributed by atoms with van der Waals surface area (Å²) in [5, 5.41) is 0. The van der Waals surface area contributed by atoms with Gasteiger partial charge in [-0.25, -0.2) is 0 Å². The van der Waals surface area contributed by atoms with Gasteiger partial charge in [-0.15, -0.1) is 0 Å². The molecule has 1 rings (SSSR count). The number of quaternary nitrogens is 2. The molecule has 0 radical (unpaired) electrons. The van der Waals surface area contributed by atoms with Gasteiger partial charge in [0, 0.05) is 0 Å². The van der Waals surface area contributed by atoms with Crippen LogP contribution in [-0.2, 0) is 0 Å². The first kappa shape index (κ1) is 14.0. The fraction of sp³-hybridized carbons (Fsp3) is 1.00. The van der Waals surface area contributed by atoms with Gasteiger partial charge in [0.05, 0.1) is 59.2 Å². The van der Waals surface area contributed by atoms with Crippen molar-refractivity contribution in [2.45, 2.75) is 57.7 Å². The Morgan fingerprint density at radius 3 is 1.44 bits per heavy atom. The minimum absolute atomic E-state index is 0.359. The van der Waals surface area contributed by atoms with Crippen LogP contribution < -0.4 is 0 Å². The van der Waals surface area contributed by atoms with Crippen molar-refractivity contribution in [3.63, 3.8) is 0 Å². The number of piperidine rings is 1. The minimum Gasteiger partial charge on any atom is -0.328 e. The molecule has 1 saturated heterocycles. The number of rotatable bonds is 1. The molecule has 0 N–H and O–H groups in total. The van der Waals surface area contributed by atoms with Crippen molar-refractivity contribution < 1.29 is 8.97 Å². The summed E-state index contributed by atoms with van der Waals surface area (Å²) in [5.41, 5.74) is 0.718. The molecular weight excluding hydrogens is 196 g/mol. The summed E-state index contributed by atoms with van der Waals surface area (Å²) in [4.78, 5) is 0. The average molecular weight is 228 g/mol. The molecule has 1 aliphatic heterocycles. The Hall–Kier alpha value is -0.0800. The van der Waals surface area contributed by atoms with Crippen molar-refractivity contribution >= 4 is 0 Å². The fourth-order valence-electron chi connectivity index (χ4n) is 3.05. The second kappa shape index (κ2) is 3.46. The zero-order chi connectivity index (χ0) is 13.0. The molecule has 2 nitrogen and oxygen atoms in total. The maximum Gasteiger partial charge on any atom is 0.100 e. The topological polar surface area (TPSA) is 0 Å². The summed E-state index contributed by atoms with van der Waals surface area (Å²) in [7, 11) is 11.8. The lowest BCUT2D eigenvalue weighted by molar-refractivity contribution is -1.00. The van der Waals surface area contributed by atoms with Gasteiger partial charge in [-0.05, 0) is 27.7 Å². The van der Waals surface area contributed by atoms with E-state index in [0.29, 0.717) is 11.1 Å². The lowest BCUT2D eigenvalue weighted by Gasteiger charge is -2.60. The Balaban J connectivity index is 3.09. The molecule has 0 amide bonds. The van der Waals surface area contributed by atoms with Crippen molar-refractivity contribution in [3.05, 3.63) is 0 Å². The summed E-state index contributed by atoms with van der Waals surface area (Å²) in [6.07, 6.45) is 2.62. The highest BCUT2D eigenvalue weighted by molar-refractivity contribution is 4.89. The van der Waals surface area contributed by atoms with Crippen molar-refractivity contribution in [2.75, 3.05) is 35.2 Å². The number of nitrogens with zero attached hydrogens (tertiary/aromatic N) is 2. The van der Waals surface area contributed by atoms with E-state index in [2.05, 4.69) is 62.9 Å². The van der Waals surface area contributed by atoms with Gasteiger partial charge in [0.2, 0.25) is 0 Å². The minimum atomic E-state index is 0.359. The van der Waals surface area contributed by atoms with Gasteiger partial charge in [0.1, 0.15) is 6.04 Å². The maximum absolute atomic E-state index is 2.43. The molecule has 0 atom stereocenters. The van der Waals surface area contributed by atoms with Crippen LogP contribution >= 0.6 is 0 Å². The van der Waals surface area contributed by atoms with E-state index in [1.807, 2.05) is 0 Å². The molecule has 16 heavy (non-hydrogen) atoms. The smallest absolute Gasteiger partial charge is 0.100 e. The molecule has 0 aliphatic carbocycles. The van der Waals surface area contributed by atoms with E-state index in [1.165, 1.54) is 12.8 Å². The summed E-state index contributed by atoms with van der Waals surface area (Å²) in [6.45, 7) is 9.71. The molecule has 96 valence electrons. The first-order chi connectivity index (χ1) is 6.81. The van der Waals surface area contributed by atoms with E-state index in [9.17, 15) is 0 Å². The van der Waals surface area contributed by atoms with E-state index < -0.39 is 0 Å². The maximum atomic E-state index is 2.43. The summed E-state index contributed by atoms with van der Waals surface area (Å²) in [5.74, 6) is 0. The molecule has 0 aromatic rings. The molecule has 1 fully saturated rings. The highest BCUT2D eigenvalue weighted by atomic mass is 15.4. The third kappa shape index (κ3) is 2.02. The van der Waals surface area contributed by atoms with Crippen LogP contribution in [0.2, 0.25) is 0 Å². The quantitative estimate of drug-likeness (QED) is 0.605. The van der Waals surface area contributed by atoms with Crippen molar-refractivity contribution in [3.8, 4) is 0 Å². The highest BCUT2D eigenvalue weighted by Crippen LogP contribution is 2.44. The van der Waals surface area contributed by atoms with Gasteiger partial charge in [-0.3, -0.25) is 0 Å². The number of hydrogen-bond donors (Lipinski definition) is 0. The fourth-order valence-corrected chi connectivity index (χ4v) is 3.05. The summed E-state index contributed by atoms with van der Waals surface area (Å²) >= 11 is 0. The van der Waals surface area contributed by atoms with Gasteiger partial charge in [-0.1, -0.05) is 0 Å². The lowest BCUT2D eigenvalue weighted by Crippen LogP contribution is -2.73. The van der Waals surface area contributed by atoms with Crippen molar-refractivity contribution in [2.24, 2.45) is 0 Å². The third-order valence-corrected chi connectivity index (χ3v) is 5.59. The largest absolute Gasteiger partial charge is 0.328 e. The van der Waals surface area contributed by atoms with E-state index in [4.69, 9.17) is 0 Å². The van der Waals surface area contributed by atoms with Crippen LogP contribution in [0.5, 0.6) is 0 Å². The molecule has 1 heterocycles. The van der Waals surface area contributed by atoms with E-state index in [0.717, 1.165) is 15.0 Å². The normalized spacial score (nSPS) is 29.1. The first-order valence-corrected chi connectivity index (χ1v) is 6.47. The average Bonchev–Trinajstić information content (AvgIpc) is 1.97. The molecule has 0 saturated carbocycles. The first-order valence-electron chi connectivity index (χ1n) is 6.47. The van der Waals surface area contributed by atoms with Crippen molar-refractivity contribution in [1.29, 1.82) is 0 Å². The Morgan fingerprint density at radius 1 is 0.875 bits per heavy atom. The molecule has 0 spiro atoms. The zero-order valence-corrected chi connectivity index (χ0v) is 12.9. The molecule has 0 unspecified atom stereocenters. The van der Waals surface area contributed by atoms with Crippen LogP contribution in [0.1, 0.15) is 40.5 Å². The van der Waals surface area contributed by atoms with Gasteiger partial charge in [-0.2, -0.15) is 0 Å². The predicted octanol–water partition coefficient (Wildman–Crippen LogP) is 2.49. The SMILES string of the molecule is CC1(C)CC([N+](C)(C)C)CC(C)(C)[N+]1(C)C. The van der Waals surface area contributed by atoms with Gasteiger partial charge in [0.15, 0.2) is 0 Å². The van der Waals surface area contributed by atoms with Crippen LogP contribution in [0.15, 0.2) is 0 Å². The Morgan fingerprint density at radius 2 is 1.19 bits per heavy atom. The van der Waals surface area contributed by atoms with Gasteiger partial charge < -0.3 is 8.97 Å². The molecule has 2 heteroatoms. The van der Waals surface area contributed by atoms with E-state index in [1.54, 1.807) is 0 Å². The van der Waals surface area contributed by atoms with Crippen LogP contribution in [0, 0.1) is 0 Å². The predicted molar refractivity (Wildman–Crippen MR) is 71.3 cm³/mol. The number of hydrogen-bond acceptors (Lipinski definition) is 0. The molecule has 0 bridgehead atoms. The van der Waals surface area contributed by atoms with Crippen LogP contribution in [-0.4, -0.2) is 61.3 Å². The zero-order valence-electron chi connectivity index (χ0n) is 12.9. The number of likely N-dealkylation sites (tertiary alicyclic amines) is 1. The second-order valence-electron chi connectivity index (χ2n) is 8.26. The lowest BCUT2D eigenvalue weighted by atomic mass is 9.74. The van der Waals surface area contributed by atoms with Crippen LogP contribution in [0.25, 0.3) is 0 Å².